The lowest BCUT2D eigenvalue weighted by Gasteiger charge is -2.21. The molecule has 0 aliphatic rings. The topological polar surface area (TPSA) is 237 Å². The Morgan fingerprint density at radius 3 is 0.800 bits per heavy atom. The van der Waals surface area contributed by atoms with Crippen LogP contribution in [0.4, 0.5) is 0 Å². The fourth-order valence-electron chi connectivity index (χ4n) is 11.6. The number of rotatable bonds is 74. The van der Waals surface area contributed by atoms with Crippen LogP contribution in [0.15, 0.2) is 0 Å². The highest BCUT2D eigenvalue weighted by molar-refractivity contribution is 7.47. The number of hydrogen-bond acceptors (Lipinski definition) is 15. The van der Waals surface area contributed by atoms with Gasteiger partial charge in [-0.25, -0.2) is 9.13 Å². The van der Waals surface area contributed by atoms with Crippen LogP contribution in [-0.4, -0.2) is 96.7 Å². The average Bonchev–Trinajstić information content (AvgIpc) is 1.34. The van der Waals surface area contributed by atoms with Gasteiger partial charge in [-0.05, 0) is 43.4 Å². The van der Waals surface area contributed by atoms with Gasteiger partial charge < -0.3 is 33.8 Å². The maximum atomic E-state index is 13.1. The van der Waals surface area contributed by atoms with Gasteiger partial charge >= 0.3 is 39.5 Å². The van der Waals surface area contributed by atoms with Crippen molar-refractivity contribution in [2.75, 3.05) is 39.6 Å². The molecule has 95 heavy (non-hydrogen) atoms. The monoisotopic (exact) mass is 1400 g/mol. The Kier molecular flexibility index (Phi) is 65.2. The van der Waals surface area contributed by atoms with E-state index in [1.165, 1.54) is 193 Å². The fraction of sp³-hybridized carbons (Fsp3) is 0.947. The van der Waals surface area contributed by atoms with E-state index in [-0.39, 0.29) is 25.7 Å². The Hall–Kier alpha value is -1.94. The quantitative estimate of drug-likeness (QED) is 0.0222. The lowest BCUT2D eigenvalue weighted by atomic mass is 10.00. The summed E-state index contributed by atoms with van der Waals surface area (Å²) in [5, 5.41) is 10.6. The Bertz CT molecular complexity index is 1850. The van der Waals surface area contributed by atoms with Crippen molar-refractivity contribution in [2.24, 2.45) is 17.8 Å². The smallest absolute Gasteiger partial charge is 0.462 e. The number of ether oxygens (including phenoxy) is 4. The number of carbonyl (C=O) groups excluding carboxylic acids is 4. The summed E-state index contributed by atoms with van der Waals surface area (Å²) in [4.78, 5) is 72.8. The molecule has 0 aromatic carbocycles. The van der Waals surface area contributed by atoms with E-state index in [4.69, 9.17) is 37.0 Å². The minimum atomic E-state index is -4.96. The standard InChI is InChI=1S/C76H148O17P2/c1-8-10-11-12-13-14-15-16-22-25-30-35-43-50-57-73(78)86-63-71(92-75(80)59-52-45-36-31-26-23-20-18-17-19-21-24-28-33-40-47-54-67(3)4)65-90-94(82,83)88-61-70(77)62-89-95(84,85)91-66-72(64-87-74(79)58-51-44-39-38-42-49-56-69(7)9-2)93-76(81)60-53-46-37-32-27-29-34-41-48-55-68(5)6/h67-72,77H,8-66H2,1-7H3,(H,82,83)(H,84,85)/t69?,70-,71-,72-/m1/s1. The van der Waals surface area contributed by atoms with Crippen molar-refractivity contribution < 1.29 is 80.2 Å². The molecule has 0 amide bonds. The molecule has 6 atom stereocenters. The van der Waals surface area contributed by atoms with Gasteiger partial charge in [-0.1, -0.05) is 337 Å². The predicted octanol–water partition coefficient (Wildman–Crippen LogP) is 22.2. The molecule has 0 saturated heterocycles. The molecule has 19 heteroatoms. The normalized spacial score (nSPS) is 14.4. The van der Waals surface area contributed by atoms with Crippen molar-refractivity contribution in [1.29, 1.82) is 0 Å². The number of hydrogen-bond donors (Lipinski definition) is 3. The summed E-state index contributed by atoms with van der Waals surface area (Å²) in [6, 6.07) is 0. The number of phosphoric ester groups is 2. The molecular formula is C76H148O17P2. The number of esters is 4. The molecule has 0 aliphatic heterocycles. The van der Waals surface area contributed by atoms with Gasteiger partial charge in [0.25, 0.3) is 0 Å². The van der Waals surface area contributed by atoms with Gasteiger partial charge in [-0.2, -0.15) is 0 Å². The van der Waals surface area contributed by atoms with Gasteiger partial charge in [-0.15, -0.1) is 0 Å². The van der Waals surface area contributed by atoms with Crippen molar-refractivity contribution >= 4 is 39.5 Å². The van der Waals surface area contributed by atoms with Crippen LogP contribution in [0.1, 0.15) is 389 Å². The molecule has 564 valence electrons. The van der Waals surface area contributed by atoms with Crippen molar-refractivity contribution in [3.8, 4) is 0 Å². The van der Waals surface area contributed by atoms with Crippen LogP contribution < -0.4 is 0 Å². The Morgan fingerprint density at radius 2 is 0.537 bits per heavy atom. The summed E-state index contributed by atoms with van der Waals surface area (Å²) >= 11 is 0. The lowest BCUT2D eigenvalue weighted by molar-refractivity contribution is -0.161. The molecule has 0 saturated carbocycles. The zero-order chi connectivity index (χ0) is 70.1. The summed E-state index contributed by atoms with van der Waals surface area (Å²) in [7, 11) is -9.91. The van der Waals surface area contributed by atoms with Crippen molar-refractivity contribution in [2.45, 2.75) is 407 Å². The third-order valence-electron chi connectivity index (χ3n) is 18.0. The highest BCUT2D eigenvalue weighted by Crippen LogP contribution is 2.45. The number of carbonyl (C=O) groups is 4. The molecule has 0 fully saturated rings. The van der Waals surface area contributed by atoms with Crippen LogP contribution >= 0.6 is 15.6 Å². The van der Waals surface area contributed by atoms with Crippen LogP contribution in [0, 0.1) is 17.8 Å². The van der Waals surface area contributed by atoms with E-state index >= 15 is 0 Å². The zero-order valence-corrected chi connectivity index (χ0v) is 63.9. The van der Waals surface area contributed by atoms with Crippen molar-refractivity contribution in [3.05, 3.63) is 0 Å². The molecule has 0 radical (unpaired) electrons. The minimum Gasteiger partial charge on any atom is -0.462 e. The molecule has 0 rings (SSSR count). The van der Waals surface area contributed by atoms with Crippen molar-refractivity contribution in [1.82, 2.24) is 0 Å². The molecule has 17 nitrogen and oxygen atoms in total. The summed E-state index contributed by atoms with van der Waals surface area (Å²) in [5.41, 5.74) is 0. The molecule has 0 heterocycles. The molecule has 0 bridgehead atoms. The number of aliphatic hydroxyl groups is 1. The first-order valence-electron chi connectivity index (χ1n) is 39.4. The van der Waals surface area contributed by atoms with Gasteiger partial charge in [0.2, 0.25) is 0 Å². The average molecular weight is 1400 g/mol. The van der Waals surface area contributed by atoms with E-state index in [0.717, 1.165) is 114 Å². The summed E-state index contributed by atoms with van der Waals surface area (Å²) in [6.07, 6.45) is 52.7. The Labute approximate surface area is 581 Å². The number of unbranched alkanes of at least 4 members (excludes halogenated alkanes) is 41. The molecule has 0 aliphatic carbocycles. The highest BCUT2D eigenvalue weighted by Gasteiger charge is 2.30. The first kappa shape index (κ1) is 93.1. The number of aliphatic hydroxyl groups excluding tert-OH is 1. The molecule has 0 aromatic heterocycles. The van der Waals surface area contributed by atoms with Crippen LogP contribution in [0.2, 0.25) is 0 Å². The minimum absolute atomic E-state index is 0.104. The van der Waals surface area contributed by atoms with E-state index in [0.29, 0.717) is 25.7 Å². The van der Waals surface area contributed by atoms with Gasteiger partial charge in [-0.3, -0.25) is 37.3 Å². The molecule has 3 N–H and O–H groups in total. The largest absolute Gasteiger partial charge is 0.472 e. The second kappa shape index (κ2) is 66.6. The number of phosphoric acid groups is 2. The highest BCUT2D eigenvalue weighted by atomic mass is 31.2. The van der Waals surface area contributed by atoms with Gasteiger partial charge in [0, 0.05) is 25.7 Å². The van der Waals surface area contributed by atoms with Crippen LogP contribution in [0.5, 0.6) is 0 Å². The van der Waals surface area contributed by atoms with Crippen LogP contribution in [0.25, 0.3) is 0 Å². The Morgan fingerprint density at radius 1 is 0.305 bits per heavy atom. The Balaban J connectivity index is 5.24. The third kappa shape index (κ3) is 69.0. The van der Waals surface area contributed by atoms with Gasteiger partial charge in [0.15, 0.2) is 12.2 Å². The molecule has 0 spiro atoms. The first-order valence-corrected chi connectivity index (χ1v) is 42.4. The summed E-state index contributed by atoms with van der Waals surface area (Å²) in [6.45, 7) is 11.9. The molecular weight excluding hydrogens is 1250 g/mol. The molecule has 0 aromatic rings. The SMILES string of the molecule is CCCCCCCCCCCCCCCCC(=O)OC[C@H](COP(=O)(O)OC[C@@H](O)COP(=O)(O)OC[C@@H](COC(=O)CCCCCCCCC(C)CC)OC(=O)CCCCCCCCCCCC(C)C)OC(=O)CCCCCCCCCCCCCCCCCCC(C)C. The van der Waals surface area contributed by atoms with Crippen LogP contribution in [0.3, 0.4) is 0 Å². The second-order valence-corrected chi connectivity index (χ2v) is 31.5. The maximum Gasteiger partial charge on any atom is 0.472 e. The van der Waals surface area contributed by atoms with E-state index < -0.39 is 97.5 Å². The van der Waals surface area contributed by atoms with E-state index in [1.54, 1.807) is 0 Å². The van der Waals surface area contributed by atoms with E-state index in [1.807, 2.05) is 0 Å². The predicted molar refractivity (Wildman–Crippen MR) is 386 cm³/mol. The van der Waals surface area contributed by atoms with E-state index in [9.17, 15) is 43.2 Å². The molecule has 3 unspecified atom stereocenters. The van der Waals surface area contributed by atoms with E-state index in [2.05, 4.69) is 48.5 Å². The zero-order valence-electron chi connectivity index (χ0n) is 62.1. The summed E-state index contributed by atoms with van der Waals surface area (Å²) < 4.78 is 68.5. The van der Waals surface area contributed by atoms with Crippen molar-refractivity contribution in [3.63, 3.8) is 0 Å². The third-order valence-corrected chi connectivity index (χ3v) is 19.9. The maximum absolute atomic E-state index is 13.1. The first-order chi connectivity index (χ1) is 45.8. The fourth-order valence-corrected chi connectivity index (χ4v) is 13.1. The lowest BCUT2D eigenvalue weighted by Crippen LogP contribution is -2.30. The second-order valence-electron chi connectivity index (χ2n) is 28.6. The van der Waals surface area contributed by atoms with Crippen LogP contribution in [-0.2, 0) is 65.4 Å². The van der Waals surface area contributed by atoms with Gasteiger partial charge in [0.1, 0.15) is 19.3 Å². The van der Waals surface area contributed by atoms with Gasteiger partial charge in [0.05, 0.1) is 26.4 Å². The summed E-state index contributed by atoms with van der Waals surface area (Å²) in [5.74, 6) is 0.158.